The number of nitrogens with one attached hydrogen (secondary N) is 3. The van der Waals surface area contributed by atoms with Crippen molar-refractivity contribution in [1.29, 1.82) is 0 Å². The van der Waals surface area contributed by atoms with Gasteiger partial charge in [-0.2, -0.15) is 0 Å². The number of hydrogen-bond acceptors (Lipinski definition) is 8. The van der Waals surface area contributed by atoms with Crippen molar-refractivity contribution in [3.8, 4) is 5.75 Å². The number of anilines is 1. The van der Waals surface area contributed by atoms with Gasteiger partial charge in [-0.25, -0.2) is 4.79 Å². The Kier molecular flexibility index (Phi) is 12.4. The Morgan fingerprint density at radius 3 is 1.98 bits per heavy atom. The predicted molar refractivity (Wildman–Crippen MR) is 154 cm³/mol. The minimum absolute atomic E-state index is 0.138. The number of hydrogen-bond donors (Lipinski definition) is 5. The maximum atomic E-state index is 13.0. The van der Waals surface area contributed by atoms with Crippen molar-refractivity contribution in [2.24, 2.45) is 17.6 Å². The van der Waals surface area contributed by atoms with Crippen LogP contribution in [0, 0.1) is 11.8 Å². The second kappa shape index (κ2) is 14.3. The number of nitrogens with two attached hydrogens (primary N) is 1. The number of carbonyl (C=O) groups is 4. The number of aromatic hydroxyl groups is 1. The molecule has 3 amide bonds. The lowest BCUT2D eigenvalue weighted by atomic mass is 9.95. The molecule has 6 N–H and O–H groups in total. The van der Waals surface area contributed by atoms with Crippen LogP contribution in [0.2, 0.25) is 0 Å². The second-order valence-corrected chi connectivity index (χ2v) is 12.6. The Morgan fingerprint density at radius 2 is 1.48 bits per heavy atom. The zero-order chi connectivity index (χ0) is 31.0. The van der Waals surface area contributed by atoms with Crippen LogP contribution < -0.4 is 21.7 Å². The lowest BCUT2D eigenvalue weighted by molar-refractivity contribution is -0.159. The fraction of sp³-hybridized carbons (Fsp3) is 0.655. The summed E-state index contributed by atoms with van der Waals surface area (Å²) in [6.07, 6.45) is -0.106. The van der Waals surface area contributed by atoms with Gasteiger partial charge in [0.1, 0.15) is 23.0 Å². The van der Waals surface area contributed by atoms with Crippen molar-refractivity contribution >= 4 is 29.6 Å². The van der Waals surface area contributed by atoms with Gasteiger partial charge in [-0.15, -0.1) is 0 Å². The average molecular weight is 565 g/mol. The third kappa shape index (κ3) is 12.7. The van der Waals surface area contributed by atoms with Crippen LogP contribution in [0.25, 0.3) is 0 Å². The van der Waals surface area contributed by atoms with E-state index in [0.717, 1.165) is 0 Å². The van der Waals surface area contributed by atoms with E-state index in [1.54, 1.807) is 74.4 Å². The van der Waals surface area contributed by atoms with E-state index < -0.39 is 59.1 Å². The first kappa shape index (κ1) is 34.7. The number of phenols is 1. The number of alkyl carbamates (subject to hydrolysis) is 1. The Labute approximate surface area is 237 Å². The topological polar surface area (TPSA) is 169 Å². The molecule has 40 heavy (non-hydrogen) atoms. The summed E-state index contributed by atoms with van der Waals surface area (Å²) >= 11 is 0. The first-order valence-electron chi connectivity index (χ1n) is 13.6. The van der Waals surface area contributed by atoms with Crippen molar-refractivity contribution < 1.29 is 33.8 Å². The molecule has 0 aliphatic heterocycles. The first-order chi connectivity index (χ1) is 18.2. The summed E-state index contributed by atoms with van der Waals surface area (Å²) in [5.41, 5.74) is 5.07. The van der Waals surface area contributed by atoms with Crippen LogP contribution in [0.5, 0.6) is 5.75 Å². The van der Waals surface area contributed by atoms with E-state index in [-0.39, 0.29) is 30.2 Å². The molecule has 11 heteroatoms. The quantitative estimate of drug-likeness (QED) is 0.200. The fourth-order valence-corrected chi connectivity index (χ4v) is 3.72. The summed E-state index contributed by atoms with van der Waals surface area (Å²) in [7, 11) is 0. The van der Waals surface area contributed by atoms with E-state index in [1.807, 2.05) is 0 Å². The molecule has 11 nitrogen and oxygen atoms in total. The number of amides is 3. The van der Waals surface area contributed by atoms with Gasteiger partial charge in [0, 0.05) is 6.04 Å². The Bertz CT molecular complexity index is 1040. The van der Waals surface area contributed by atoms with Crippen molar-refractivity contribution in [3.63, 3.8) is 0 Å². The lowest BCUT2D eigenvalue weighted by Gasteiger charge is -2.27. The third-order valence-corrected chi connectivity index (χ3v) is 5.63. The molecule has 0 spiro atoms. The van der Waals surface area contributed by atoms with Gasteiger partial charge in [0.05, 0.1) is 17.6 Å². The van der Waals surface area contributed by atoms with Gasteiger partial charge in [0.25, 0.3) is 0 Å². The number of phenolic OH excluding ortho intramolecular Hbond substituents is 1. The van der Waals surface area contributed by atoms with Gasteiger partial charge in [-0.1, -0.05) is 26.8 Å². The number of rotatable bonds is 11. The molecule has 0 heterocycles. The highest BCUT2D eigenvalue weighted by Crippen LogP contribution is 2.27. The van der Waals surface area contributed by atoms with Gasteiger partial charge in [0.15, 0.2) is 0 Å². The average Bonchev–Trinajstić information content (AvgIpc) is 2.76. The van der Waals surface area contributed by atoms with Crippen LogP contribution in [0.1, 0.15) is 81.2 Å². The fourth-order valence-electron chi connectivity index (χ4n) is 3.72. The van der Waals surface area contributed by atoms with E-state index in [1.165, 1.54) is 13.0 Å². The largest absolute Gasteiger partial charge is 0.506 e. The molecular formula is C29H48N4O7. The minimum atomic E-state index is -0.877. The zero-order valence-electron chi connectivity index (χ0n) is 25.5. The molecule has 0 saturated carbocycles. The summed E-state index contributed by atoms with van der Waals surface area (Å²) in [5, 5.41) is 18.6. The third-order valence-electron chi connectivity index (χ3n) is 5.63. The molecular weight excluding hydrogens is 516 g/mol. The standard InChI is InChI=1S/C29H48N4O7/c1-16(2)23(33-24(35)18(4)30)25(36)32-21-15-19(11-12-22(21)34)14-20(31-27(38)40-29(8,9)10)13-17(3)26(37)39-28(5,6)7/h11-12,15-18,20,23,34H,13-14,30H2,1-10H3,(H,31,38)(H,32,36)(H,33,35)/t17?,18?,20-,23?/m1/s1. The van der Waals surface area contributed by atoms with Crippen molar-refractivity contribution in [2.75, 3.05) is 5.32 Å². The molecule has 0 aliphatic rings. The van der Waals surface area contributed by atoms with E-state index >= 15 is 0 Å². The van der Waals surface area contributed by atoms with Crippen LogP contribution in [-0.2, 0) is 30.3 Å². The van der Waals surface area contributed by atoms with Gasteiger partial charge < -0.3 is 36.3 Å². The molecule has 1 aromatic rings. The molecule has 1 rings (SSSR count). The van der Waals surface area contributed by atoms with Crippen LogP contribution in [0.15, 0.2) is 18.2 Å². The summed E-state index contributed by atoms with van der Waals surface area (Å²) in [4.78, 5) is 50.3. The number of ether oxygens (including phenoxy) is 2. The molecule has 0 bridgehead atoms. The Hall–Kier alpha value is -3.34. The van der Waals surface area contributed by atoms with E-state index in [4.69, 9.17) is 15.2 Å². The highest BCUT2D eigenvalue weighted by atomic mass is 16.6. The summed E-state index contributed by atoms with van der Waals surface area (Å²) < 4.78 is 10.9. The highest BCUT2D eigenvalue weighted by Gasteiger charge is 2.28. The summed E-state index contributed by atoms with van der Waals surface area (Å²) in [5.74, 6) is -2.33. The smallest absolute Gasteiger partial charge is 0.407 e. The van der Waals surface area contributed by atoms with Gasteiger partial charge in [-0.05, 0) is 84.9 Å². The van der Waals surface area contributed by atoms with E-state index in [0.29, 0.717) is 5.56 Å². The molecule has 0 radical (unpaired) electrons. The van der Waals surface area contributed by atoms with Crippen molar-refractivity contribution in [3.05, 3.63) is 23.8 Å². The number of carbonyl (C=O) groups excluding carboxylic acids is 4. The van der Waals surface area contributed by atoms with Gasteiger partial charge >= 0.3 is 12.1 Å². The molecule has 0 aromatic heterocycles. The summed E-state index contributed by atoms with van der Waals surface area (Å²) in [6, 6.07) is 2.47. The molecule has 4 atom stereocenters. The maximum absolute atomic E-state index is 13.0. The van der Waals surface area contributed by atoms with Gasteiger partial charge in [0.2, 0.25) is 11.8 Å². The first-order valence-corrected chi connectivity index (χ1v) is 13.6. The minimum Gasteiger partial charge on any atom is -0.506 e. The predicted octanol–water partition coefficient (Wildman–Crippen LogP) is 3.62. The SMILES string of the molecule is CC(N)C(=O)NC(C(=O)Nc1cc(C[C@@H](CC(C)C(=O)OC(C)(C)C)NC(=O)OC(C)(C)C)ccc1O)C(C)C. The van der Waals surface area contributed by atoms with Crippen LogP contribution >= 0.6 is 0 Å². The van der Waals surface area contributed by atoms with E-state index in [9.17, 15) is 24.3 Å². The summed E-state index contributed by atoms with van der Waals surface area (Å²) in [6.45, 7) is 17.4. The van der Waals surface area contributed by atoms with Crippen LogP contribution in [-0.4, -0.2) is 58.3 Å². The van der Waals surface area contributed by atoms with Gasteiger partial charge in [-0.3, -0.25) is 14.4 Å². The molecule has 1 aromatic carbocycles. The monoisotopic (exact) mass is 564 g/mol. The molecule has 0 fully saturated rings. The van der Waals surface area contributed by atoms with E-state index in [2.05, 4.69) is 16.0 Å². The number of benzene rings is 1. The van der Waals surface area contributed by atoms with Crippen LogP contribution in [0.4, 0.5) is 10.5 Å². The molecule has 0 saturated heterocycles. The second-order valence-electron chi connectivity index (χ2n) is 12.6. The normalized spacial score (nSPS) is 14.9. The number of esters is 1. The van der Waals surface area contributed by atoms with Crippen molar-refractivity contribution in [1.82, 2.24) is 10.6 Å². The highest BCUT2D eigenvalue weighted by molar-refractivity contribution is 5.98. The molecule has 226 valence electrons. The zero-order valence-corrected chi connectivity index (χ0v) is 25.5. The lowest BCUT2D eigenvalue weighted by Crippen LogP contribution is -2.51. The Balaban J connectivity index is 3.18. The van der Waals surface area contributed by atoms with Crippen LogP contribution in [0.3, 0.4) is 0 Å². The molecule has 3 unspecified atom stereocenters. The molecule has 0 aliphatic carbocycles. The van der Waals surface area contributed by atoms with Crippen molar-refractivity contribution in [2.45, 2.75) is 111 Å². The Morgan fingerprint density at radius 1 is 0.900 bits per heavy atom. The maximum Gasteiger partial charge on any atom is 0.407 e.